The average molecular weight is 312 g/mol. The Hall–Kier alpha value is -1.10. The van der Waals surface area contributed by atoms with E-state index in [-0.39, 0.29) is 12.3 Å². The third-order valence-corrected chi connectivity index (χ3v) is 4.41. The van der Waals surface area contributed by atoms with Gasteiger partial charge in [-0.2, -0.15) is 0 Å². The van der Waals surface area contributed by atoms with Crippen LogP contribution in [0.3, 0.4) is 0 Å². The highest BCUT2D eigenvalue weighted by molar-refractivity contribution is 6.30. The third-order valence-electron chi connectivity index (χ3n) is 4.16. The molecule has 0 aliphatic carbocycles. The van der Waals surface area contributed by atoms with Gasteiger partial charge in [-0.3, -0.25) is 4.79 Å². The van der Waals surface area contributed by atoms with Crippen LogP contribution in [0, 0.1) is 5.92 Å². The molecule has 0 amide bonds. The first-order valence-corrected chi connectivity index (χ1v) is 7.81. The van der Waals surface area contributed by atoms with Crippen molar-refractivity contribution >= 4 is 17.6 Å². The molecule has 1 aliphatic rings. The number of aliphatic carboxylic acids is 1. The minimum Gasteiger partial charge on any atom is -0.481 e. The molecule has 2 N–H and O–H groups in total. The molecule has 1 heterocycles. The van der Waals surface area contributed by atoms with Crippen LogP contribution >= 0.6 is 11.6 Å². The van der Waals surface area contributed by atoms with Crippen LogP contribution in [-0.4, -0.2) is 40.7 Å². The van der Waals surface area contributed by atoms with Crippen LogP contribution in [0.15, 0.2) is 24.3 Å². The lowest BCUT2D eigenvalue weighted by molar-refractivity contribution is -0.137. The van der Waals surface area contributed by atoms with Crippen LogP contribution in [0.4, 0.5) is 0 Å². The van der Waals surface area contributed by atoms with Crippen LogP contribution < -0.4 is 0 Å². The molecule has 1 atom stereocenters. The topological polar surface area (TPSA) is 60.8 Å². The molecule has 0 unspecified atom stereocenters. The van der Waals surface area contributed by atoms with Crippen molar-refractivity contribution in [2.75, 3.05) is 19.6 Å². The number of halogens is 1. The third kappa shape index (κ3) is 4.99. The smallest absolute Gasteiger partial charge is 0.303 e. The fraction of sp³-hybridized carbons (Fsp3) is 0.562. The van der Waals surface area contributed by atoms with Crippen molar-refractivity contribution in [3.63, 3.8) is 0 Å². The predicted molar refractivity (Wildman–Crippen MR) is 82.4 cm³/mol. The molecule has 21 heavy (non-hydrogen) atoms. The van der Waals surface area contributed by atoms with Gasteiger partial charge in [-0.1, -0.05) is 23.7 Å². The molecule has 1 fully saturated rings. The number of piperidine rings is 1. The van der Waals surface area contributed by atoms with Crippen molar-refractivity contribution in [2.24, 2.45) is 5.92 Å². The maximum atomic E-state index is 10.5. The normalized spacial score (nSPS) is 18.6. The van der Waals surface area contributed by atoms with E-state index in [1.807, 2.05) is 12.1 Å². The lowest BCUT2D eigenvalue weighted by Gasteiger charge is -2.34. The number of likely N-dealkylation sites (tertiary alicyclic amines) is 1. The fourth-order valence-electron chi connectivity index (χ4n) is 2.88. The number of carboxylic acids is 1. The van der Waals surface area contributed by atoms with E-state index in [0.29, 0.717) is 11.4 Å². The molecule has 1 aliphatic heterocycles. The lowest BCUT2D eigenvalue weighted by atomic mass is 9.87. The highest BCUT2D eigenvalue weighted by Crippen LogP contribution is 2.31. The van der Waals surface area contributed by atoms with E-state index in [1.165, 1.54) is 0 Å². The van der Waals surface area contributed by atoms with Gasteiger partial charge in [0.25, 0.3) is 0 Å². The average Bonchev–Trinajstić information content (AvgIpc) is 2.48. The Morgan fingerprint density at radius 3 is 2.48 bits per heavy atom. The van der Waals surface area contributed by atoms with Crippen molar-refractivity contribution < 1.29 is 15.0 Å². The van der Waals surface area contributed by atoms with Crippen LogP contribution in [0.5, 0.6) is 0 Å². The molecule has 4 nitrogen and oxygen atoms in total. The maximum absolute atomic E-state index is 10.5. The Bertz CT molecular complexity index is 455. The van der Waals surface area contributed by atoms with Crippen molar-refractivity contribution in [1.29, 1.82) is 0 Å². The van der Waals surface area contributed by atoms with Gasteiger partial charge in [0.2, 0.25) is 0 Å². The van der Waals surface area contributed by atoms with Crippen LogP contribution in [0.25, 0.3) is 0 Å². The van der Waals surface area contributed by atoms with Crippen LogP contribution in [-0.2, 0) is 4.79 Å². The van der Waals surface area contributed by atoms with E-state index in [1.54, 1.807) is 12.1 Å². The van der Waals surface area contributed by atoms with E-state index in [0.717, 1.165) is 38.0 Å². The summed E-state index contributed by atoms with van der Waals surface area (Å²) in [6.45, 7) is 2.68. The van der Waals surface area contributed by atoms with Gasteiger partial charge in [-0.05, 0) is 62.5 Å². The number of carboxylic acid groups (broad SMARTS) is 1. The van der Waals surface area contributed by atoms with Crippen molar-refractivity contribution in [3.05, 3.63) is 34.9 Å². The fourth-order valence-corrected chi connectivity index (χ4v) is 3.00. The molecule has 1 saturated heterocycles. The lowest BCUT2D eigenvalue weighted by Crippen LogP contribution is -2.36. The summed E-state index contributed by atoms with van der Waals surface area (Å²) in [5.41, 5.74) is 0.920. The number of rotatable bonds is 6. The van der Waals surface area contributed by atoms with Gasteiger partial charge in [0.1, 0.15) is 0 Å². The molecular formula is C16H22ClNO3. The summed E-state index contributed by atoms with van der Waals surface area (Å²) in [6.07, 6.45) is 2.37. The first-order valence-electron chi connectivity index (χ1n) is 7.44. The molecule has 0 saturated carbocycles. The zero-order valence-electron chi connectivity index (χ0n) is 12.0. The van der Waals surface area contributed by atoms with Gasteiger partial charge >= 0.3 is 5.97 Å². The van der Waals surface area contributed by atoms with Gasteiger partial charge < -0.3 is 15.1 Å². The second-order valence-electron chi connectivity index (χ2n) is 5.67. The standard InChI is InChI=1S/C16H22ClNO3/c17-14-5-3-12(4-6-14)16(21)13-7-10-18(11-8-13)9-1-2-15(19)20/h3-6,13,16,21H,1-2,7-11H2,(H,19,20)/t16-/m0/s1. The predicted octanol–water partition coefficient (Wildman–Crippen LogP) is 2.95. The zero-order valence-corrected chi connectivity index (χ0v) is 12.8. The number of benzene rings is 1. The minimum absolute atomic E-state index is 0.229. The molecule has 1 aromatic rings. The van der Waals surface area contributed by atoms with E-state index in [4.69, 9.17) is 16.7 Å². The second kappa shape index (κ2) is 7.78. The summed E-state index contributed by atoms with van der Waals surface area (Å²) in [7, 11) is 0. The van der Waals surface area contributed by atoms with Gasteiger partial charge in [0.05, 0.1) is 6.10 Å². The Morgan fingerprint density at radius 2 is 1.90 bits per heavy atom. The Labute approximate surface area is 130 Å². The molecule has 2 rings (SSSR count). The largest absolute Gasteiger partial charge is 0.481 e. The van der Waals surface area contributed by atoms with E-state index in [9.17, 15) is 9.90 Å². The zero-order chi connectivity index (χ0) is 15.2. The number of hydrogen-bond donors (Lipinski definition) is 2. The molecular weight excluding hydrogens is 290 g/mol. The Kier molecular flexibility index (Phi) is 6.03. The number of hydrogen-bond acceptors (Lipinski definition) is 3. The quantitative estimate of drug-likeness (QED) is 0.848. The summed E-state index contributed by atoms with van der Waals surface area (Å²) in [5.74, 6) is -0.468. The number of carbonyl (C=O) groups is 1. The Balaban J connectivity index is 1.77. The molecule has 0 radical (unpaired) electrons. The minimum atomic E-state index is -0.733. The maximum Gasteiger partial charge on any atom is 0.303 e. The Morgan fingerprint density at radius 1 is 1.29 bits per heavy atom. The molecule has 1 aromatic carbocycles. The first-order chi connectivity index (χ1) is 10.1. The number of aliphatic hydroxyl groups excluding tert-OH is 1. The van der Waals surface area contributed by atoms with Gasteiger partial charge in [-0.15, -0.1) is 0 Å². The summed E-state index contributed by atoms with van der Waals surface area (Å²) >= 11 is 5.86. The van der Waals surface area contributed by atoms with E-state index in [2.05, 4.69) is 4.90 Å². The van der Waals surface area contributed by atoms with Crippen molar-refractivity contribution in [1.82, 2.24) is 4.90 Å². The van der Waals surface area contributed by atoms with Gasteiger partial charge in [-0.25, -0.2) is 0 Å². The first kappa shape index (κ1) is 16.3. The monoisotopic (exact) mass is 311 g/mol. The highest BCUT2D eigenvalue weighted by atomic mass is 35.5. The molecule has 116 valence electrons. The van der Waals surface area contributed by atoms with Crippen LogP contribution in [0.2, 0.25) is 5.02 Å². The van der Waals surface area contributed by atoms with E-state index < -0.39 is 12.1 Å². The van der Waals surface area contributed by atoms with Crippen molar-refractivity contribution in [2.45, 2.75) is 31.8 Å². The van der Waals surface area contributed by atoms with Gasteiger partial charge in [0, 0.05) is 11.4 Å². The summed E-state index contributed by atoms with van der Waals surface area (Å²) in [5, 5.41) is 19.8. The molecule has 0 spiro atoms. The van der Waals surface area contributed by atoms with Crippen LogP contribution in [0.1, 0.15) is 37.4 Å². The van der Waals surface area contributed by atoms with Crippen molar-refractivity contribution in [3.8, 4) is 0 Å². The van der Waals surface area contributed by atoms with Gasteiger partial charge in [0.15, 0.2) is 0 Å². The summed E-state index contributed by atoms with van der Waals surface area (Å²) in [6, 6.07) is 7.38. The summed E-state index contributed by atoms with van der Waals surface area (Å²) < 4.78 is 0. The number of nitrogens with zero attached hydrogens (tertiary/aromatic N) is 1. The molecule has 0 aromatic heterocycles. The second-order valence-corrected chi connectivity index (χ2v) is 6.11. The molecule has 5 heteroatoms. The summed E-state index contributed by atoms with van der Waals surface area (Å²) in [4.78, 5) is 12.8. The molecule has 0 bridgehead atoms. The van der Waals surface area contributed by atoms with E-state index >= 15 is 0 Å². The highest BCUT2D eigenvalue weighted by Gasteiger charge is 2.26. The SMILES string of the molecule is O=C(O)CCCN1CCC([C@@H](O)c2ccc(Cl)cc2)CC1. The number of aliphatic hydroxyl groups is 1.